The largest absolute Gasteiger partial charge is 0.0827 e. The molecule has 0 N–H and O–H groups in total. The second-order valence-corrected chi connectivity index (χ2v) is 5.72. The molecule has 0 aliphatic rings. The van der Waals surface area contributed by atoms with Gasteiger partial charge < -0.3 is 0 Å². The molecule has 0 aromatic heterocycles. The molecule has 0 saturated carbocycles. The Labute approximate surface area is 124 Å². The molecule has 0 heterocycles. The Morgan fingerprint density at radius 3 is 2.12 bits per heavy atom. The van der Waals surface area contributed by atoms with E-state index in [1.165, 1.54) is 5.56 Å². The van der Waals surface area contributed by atoms with Crippen molar-refractivity contribution in [2.24, 2.45) is 0 Å². The maximum atomic E-state index is 6.15. The van der Waals surface area contributed by atoms with Crippen LogP contribution in [-0.4, -0.2) is 0 Å². The van der Waals surface area contributed by atoms with E-state index >= 15 is 0 Å². The van der Waals surface area contributed by atoms with E-state index < -0.39 is 0 Å². The molecule has 0 unspecified atom stereocenters. The highest BCUT2D eigenvalue weighted by Gasteiger charge is 2.09. The lowest BCUT2D eigenvalue weighted by atomic mass is 10.1. The first-order valence-corrected chi connectivity index (χ1v) is 6.87. The first kappa shape index (κ1) is 13.2. The minimum absolute atomic E-state index is 0.419. The van der Waals surface area contributed by atoms with Gasteiger partial charge in [-0.1, -0.05) is 68.9 Å². The van der Waals surface area contributed by atoms with E-state index in [-0.39, 0.29) is 0 Å². The van der Waals surface area contributed by atoms with Crippen molar-refractivity contribution in [3.63, 3.8) is 0 Å². The summed E-state index contributed by atoms with van der Waals surface area (Å²) in [7, 11) is 0. The van der Waals surface area contributed by atoms with Crippen molar-refractivity contribution in [1.82, 2.24) is 0 Å². The fourth-order valence-electron chi connectivity index (χ4n) is 1.52. The Morgan fingerprint density at radius 1 is 0.824 bits per heavy atom. The normalized spacial score (nSPS) is 10.6. The van der Waals surface area contributed by atoms with E-state index in [2.05, 4.69) is 15.9 Å². The summed E-state index contributed by atoms with van der Waals surface area (Å²) in [5.74, 6) is 0. The average molecular weight is 350 g/mol. The highest BCUT2D eigenvalue weighted by molar-refractivity contribution is 9.10. The lowest BCUT2D eigenvalue weighted by Gasteiger charge is -2.07. The molecule has 0 spiro atoms. The van der Waals surface area contributed by atoms with E-state index in [0.29, 0.717) is 15.1 Å². The van der Waals surface area contributed by atoms with Gasteiger partial charge in [0.05, 0.1) is 15.1 Å². The Morgan fingerprint density at radius 2 is 1.47 bits per heavy atom. The second kappa shape index (κ2) is 5.62. The van der Waals surface area contributed by atoms with Crippen LogP contribution in [0.1, 0.15) is 11.1 Å². The first-order valence-electron chi connectivity index (χ1n) is 4.95. The van der Waals surface area contributed by atoms with E-state index in [0.717, 1.165) is 16.5 Å². The van der Waals surface area contributed by atoms with Gasteiger partial charge in [-0.2, -0.15) is 0 Å². The summed E-state index contributed by atoms with van der Waals surface area (Å²) >= 11 is 21.4. The summed E-state index contributed by atoms with van der Waals surface area (Å²) in [5, 5.41) is 1.43. The fourth-order valence-corrected chi connectivity index (χ4v) is 2.41. The summed E-state index contributed by atoms with van der Waals surface area (Å²) in [5.41, 5.74) is 2.15. The molecular formula is C13H8BrCl3. The number of hydrogen-bond acceptors (Lipinski definition) is 0. The zero-order valence-electron chi connectivity index (χ0n) is 8.68. The van der Waals surface area contributed by atoms with Crippen LogP contribution in [0.2, 0.25) is 15.1 Å². The molecular weight excluding hydrogens is 342 g/mol. The van der Waals surface area contributed by atoms with Crippen molar-refractivity contribution in [1.29, 1.82) is 0 Å². The van der Waals surface area contributed by atoms with Crippen LogP contribution >= 0.6 is 50.7 Å². The molecule has 0 saturated heterocycles. The predicted molar refractivity (Wildman–Crippen MR) is 78.4 cm³/mol. The minimum Gasteiger partial charge on any atom is -0.0827 e. The third kappa shape index (κ3) is 3.17. The monoisotopic (exact) mass is 348 g/mol. The molecule has 0 nitrogen and oxygen atoms in total. The van der Waals surface area contributed by atoms with Gasteiger partial charge >= 0.3 is 0 Å². The molecule has 0 atom stereocenters. The van der Waals surface area contributed by atoms with E-state index in [9.17, 15) is 0 Å². The van der Waals surface area contributed by atoms with Crippen molar-refractivity contribution in [2.75, 3.05) is 0 Å². The van der Waals surface area contributed by atoms with Gasteiger partial charge in [-0.3, -0.25) is 0 Å². The van der Waals surface area contributed by atoms with Crippen LogP contribution in [0.5, 0.6) is 0 Å². The zero-order valence-corrected chi connectivity index (χ0v) is 12.5. The maximum Gasteiger partial charge on any atom is 0.0781 e. The molecule has 2 rings (SSSR count). The highest BCUT2D eigenvalue weighted by Crippen LogP contribution is 2.33. The smallest absolute Gasteiger partial charge is 0.0781 e. The minimum atomic E-state index is 0.419. The van der Waals surface area contributed by atoms with Crippen LogP contribution in [0.25, 0.3) is 0 Å². The molecule has 0 bridgehead atoms. The summed E-state index contributed by atoms with van der Waals surface area (Å²) < 4.78 is 1.06. The predicted octanol–water partition coefficient (Wildman–Crippen LogP) is 6.00. The van der Waals surface area contributed by atoms with Crippen molar-refractivity contribution in [3.05, 3.63) is 67.1 Å². The summed E-state index contributed by atoms with van der Waals surface area (Å²) in [4.78, 5) is 0. The Kier molecular flexibility index (Phi) is 4.37. The summed E-state index contributed by atoms with van der Waals surface area (Å²) in [6.45, 7) is 0. The van der Waals surface area contributed by atoms with Crippen LogP contribution in [0, 0.1) is 0 Å². The average Bonchev–Trinajstić information content (AvgIpc) is 2.33. The van der Waals surface area contributed by atoms with Crippen LogP contribution < -0.4 is 0 Å². The number of benzene rings is 2. The molecule has 17 heavy (non-hydrogen) atoms. The molecule has 88 valence electrons. The van der Waals surface area contributed by atoms with Gasteiger partial charge in [0.15, 0.2) is 0 Å². The first-order chi connectivity index (χ1) is 8.08. The topological polar surface area (TPSA) is 0 Å². The van der Waals surface area contributed by atoms with Crippen molar-refractivity contribution in [2.45, 2.75) is 6.42 Å². The third-order valence-corrected chi connectivity index (χ3v) is 4.28. The van der Waals surface area contributed by atoms with Crippen LogP contribution in [0.4, 0.5) is 0 Å². The molecule has 2 aromatic carbocycles. The summed E-state index contributed by atoms with van der Waals surface area (Å²) in [6, 6.07) is 11.8. The third-order valence-electron chi connectivity index (χ3n) is 2.42. The van der Waals surface area contributed by atoms with Crippen molar-refractivity contribution >= 4 is 50.7 Å². The second-order valence-electron chi connectivity index (χ2n) is 3.64. The van der Waals surface area contributed by atoms with Gasteiger partial charge in [-0.15, -0.1) is 0 Å². The SMILES string of the molecule is Clc1ccc(Cc2ccc(Br)cc2)c(Cl)c1Cl. The molecule has 0 amide bonds. The van der Waals surface area contributed by atoms with Gasteiger partial charge in [-0.25, -0.2) is 0 Å². The van der Waals surface area contributed by atoms with E-state index in [4.69, 9.17) is 34.8 Å². The quantitative estimate of drug-likeness (QED) is 0.583. The lowest BCUT2D eigenvalue weighted by Crippen LogP contribution is -1.90. The van der Waals surface area contributed by atoms with E-state index in [1.54, 1.807) is 6.07 Å². The standard InChI is InChI=1S/C13H8BrCl3/c14-10-4-1-8(2-5-10)7-9-3-6-11(15)13(17)12(9)16/h1-6H,7H2. The van der Waals surface area contributed by atoms with Crippen molar-refractivity contribution < 1.29 is 0 Å². The number of hydrogen-bond donors (Lipinski definition) is 0. The van der Waals surface area contributed by atoms with Gasteiger partial charge in [0.1, 0.15) is 0 Å². The van der Waals surface area contributed by atoms with Crippen LogP contribution in [0.3, 0.4) is 0 Å². The molecule has 0 radical (unpaired) electrons. The van der Waals surface area contributed by atoms with Gasteiger partial charge in [-0.05, 0) is 35.7 Å². The molecule has 0 aliphatic carbocycles. The molecule has 0 fully saturated rings. The highest BCUT2D eigenvalue weighted by atomic mass is 79.9. The van der Waals surface area contributed by atoms with Gasteiger partial charge in [0.2, 0.25) is 0 Å². The van der Waals surface area contributed by atoms with Crippen LogP contribution in [0.15, 0.2) is 40.9 Å². The van der Waals surface area contributed by atoms with Gasteiger partial charge in [0, 0.05) is 4.47 Å². The van der Waals surface area contributed by atoms with Crippen molar-refractivity contribution in [3.8, 4) is 0 Å². The number of rotatable bonds is 2. The van der Waals surface area contributed by atoms with Crippen LogP contribution in [-0.2, 0) is 6.42 Å². The molecule has 0 aliphatic heterocycles. The summed E-state index contributed by atoms with van der Waals surface area (Å²) in [6.07, 6.45) is 0.739. The Balaban J connectivity index is 2.30. The molecule has 4 heteroatoms. The fraction of sp³-hybridized carbons (Fsp3) is 0.0769. The Hall–Kier alpha value is -0.210. The Bertz CT molecular complexity index is 535. The van der Waals surface area contributed by atoms with Gasteiger partial charge in [0.25, 0.3) is 0 Å². The zero-order chi connectivity index (χ0) is 12.4. The maximum absolute atomic E-state index is 6.15. The molecule has 2 aromatic rings. The lowest BCUT2D eigenvalue weighted by molar-refractivity contribution is 1.19. The van der Waals surface area contributed by atoms with E-state index in [1.807, 2.05) is 30.3 Å². The number of halogens is 4.